The minimum atomic E-state index is -0.314. The maximum atomic E-state index is 13.2. The first-order valence-electron chi connectivity index (χ1n) is 12.6. The molecule has 198 valence electrons. The first-order valence-corrected chi connectivity index (χ1v) is 13.0. The van der Waals surface area contributed by atoms with E-state index in [-0.39, 0.29) is 30.9 Å². The number of hydrogen-bond acceptors (Lipinski definition) is 6. The van der Waals surface area contributed by atoms with Crippen LogP contribution < -0.4 is 5.32 Å². The normalized spacial score (nSPS) is 11.8. The second-order valence-corrected chi connectivity index (χ2v) is 9.62. The van der Waals surface area contributed by atoms with Gasteiger partial charge in [-0.25, -0.2) is 9.36 Å². The summed E-state index contributed by atoms with van der Waals surface area (Å²) in [5.74, 6) is -0.314. The molecule has 0 spiro atoms. The Morgan fingerprint density at radius 2 is 1.62 bits per heavy atom. The van der Waals surface area contributed by atoms with Crippen LogP contribution in [0.4, 0.5) is 0 Å². The quantitative estimate of drug-likeness (QED) is 0.265. The van der Waals surface area contributed by atoms with Crippen molar-refractivity contribution in [1.29, 1.82) is 0 Å². The molecule has 0 radical (unpaired) electrons. The van der Waals surface area contributed by atoms with Crippen LogP contribution in [-0.2, 0) is 24.3 Å². The lowest BCUT2D eigenvalue weighted by Gasteiger charge is -2.18. The molecule has 0 fully saturated rings. The molecule has 0 aliphatic rings. The molecule has 1 unspecified atom stereocenters. The fraction of sp³-hybridized carbons (Fsp3) is 0.207. The van der Waals surface area contributed by atoms with E-state index < -0.39 is 0 Å². The average Bonchev–Trinajstić information content (AvgIpc) is 3.56. The van der Waals surface area contributed by atoms with Gasteiger partial charge < -0.3 is 10.1 Å². The highest BCUT2D eigenvalue weighted by atomic mass is 35.5. The van der Waals surface area contributed by atoms with Crippen molar-refractivity contribution in [3.8, 4) is 5.69 Å². The largest absolute Gasteiger partial charge is 0.373 e. The number of nitrogens with one attached hydrogen (secondary N) is 1. The van der Waals surface area contributed by atoms with Gasteiger partial charge >= 0.3 is 0 Å². The smallest absolute Gasteiger partial charge is 0.274 e. The van der Waals surface area contributed by atoms with Crippen LogP contribution in [0.5, 0.6) is 0 Å². The molecule has 0 saturated heterocycles. The lowest BCUT2D eigenvalue weighted by Crippen LogP contribution is -2.40. The molecule has 1 atom stereocenters. The third-order valence-electron chi connectivity index (χ3n) is 6.18. The van der Waals surface area contributed by atoms with Gasteiger partial charge in [-0.15, -0.1) is 10.2 Å². The molecule has 39 heavy (non-hydrogen) atoms. The topological polar surface area (TPSA) is 99.8 Å². The standard InChI is InChI=1S/C29H28ClN7O2/c1-21-28(33-35-37(21)27-14-12-24(30)13-15-27)29(38)31-25(16-22-8-4-2-5-9-22)19-39-20-26-18-36(34-32-26)17-23-10-6-3-7-11-23/h2-15,18,25H,16-17,19-20H2,1H3,(H,31,38). The summed E-state index contributed by atoms with van der Waals surface area (Å²) < 4.78 is 9.39. The number of carbonyl (C=O) groups is 1. The zero-order chi connectivity index (χ0) is 27.0. The summed E-state index contributed by atoms with van der Waals surface area (Å²) in [5.41, 5.74) is 4.60. The SMILES string of the molecule is Cc1c(C(=O)NC(COCc2cn(Cc3ccccc3)nn2)Cc2ccccc2)nnn1-c1ccc(Cl)cc1. The second-order valence-electron chi connectivity index (χ2n) is 9.18. The number of ether oxygens (including phenoxy) is 1. The fourth-order valence-electron chi connectivity index (χ4n) is 4.23. The number of benzene rings is 3. The highest BCUT2D eigenvalue weighted by Crippen LogP contribution is 2.16. The molecule has 2 heterocycles. The van der Waals surface area contributed by atoms with E-state index in [4.69, 9.17) is 16.3 Å². The predicted molar refractivity (Wildman–Crippen MR) is 148 cm³/mol. The number of halogens is 1. The number of hydrogen-bond donors (Lipinski definition) is 1. The van der Waals surface area contributed by atoms with Gasteiger partial charge in [-0.05, 0) is 48.7 Å². The summed E-state index contributed by atoms with van der Waals surface area (Å²) in [6.07, 6.45) is 2.47. The van der Waals surface area contributed by atoms with E-state index >= 15 is 0 Å². The summed E-state index contributed by atoms with van der Waals surface area (Å²) in [4.78, 5) is 13.2. The summed E-state index contributed by atoms with van der Waals surface area (Å²) >= 11 is 6.00. The Balaban J connectivity index is 1.23. The van der Waals surface area contributed by atoms with Crippen LogP contribution in [0.3, 0.4) is 0 Å². The summed E-state index contributed by atoms with van der Waals surface area (Å²) in [7, 11) is 0. The van der Waals surface area contributed by atoms with Crippen LogP contribution >= 0.6 is 11.6 Å². The molecule has 1 N–H and O–H groups in total. The van der Waals surface area contributed by atoms with Gasteiger partial charge in [0.15, 0.2) is 5.69 Å². The average molecular weight is 542 g/mol. The number of carbonyl (C=O) groups excluding carboxylic acids is 1. The maximum absolute atomic E-state index is 13.2. The van der Waals surface area contributed by atoms with Gasteiger partial charge in [0.05, 0.1) is 43.4 Å². The van der Waals surface area contributed by atoms with E-state index in [1.807, 2.05) is 85.9 Å². The van der Waals surface area contributed by atoms with Crippen molar-refractivity contribution in [2.75, 3.05) is 6.61 Å². The van der Waals surface area contributed by atoms with Gasteiger partial charge in [-0.1, -0.05) is 82.7 Å². The fourth-order valence-corrected chi connectivity index (χ4v) is 4.35. The minimum absolute atomic E-state index is 0.256. The Labute approximate surface area is 231 Å². The van der Waals surface area contributed by atoms with Gasteiger partial charge in [0.25, 0.3) is 5.91 Å². The van der Waals surface area contributed by atoms with Crippen molar-refractivity contribution in [3.05, 3.63) is 124 Å². The molecule has 10 heteroatoms. The van der Waals surface area contributed by atoms with Gasteiger partial charge in [-0.2, -0.15) is 0 Å². The van der Waals surface area contributed by atoms with E-state index in [2.05, 4.69) is 25.9 Å². The van der Waals surface area contributed by atoms with Crippen LogP contribution in [0.2, 0.25) is 5.02 Å². The van der Waals surface area contributed by atoms with E-state index in [1.165, 1.54) is 0 Å². The molecule has 3 aromatic carbocycles. The van der Waals surface area contributed by atoms with Crippen molar-refractivity contribution in [1.82, 2.24) is 35.3 Å². The highest BCUT2D eigenvalue weighted by Gasteiger charge is 2.21. The third-order valence-corrected chi connectivity index (χ3v) is 6.44. The number of rotatable bonds is 11. The summed E-state index contributed by atoms with van der Waals surface area (Å²) in [6, 6.07) is 26.9. The van der Waals surface area contributed by atoms with Crippen molar-refractivity contribution in [3.63, 3.8) is 0 Å². The summed E-state index contributed by atoms with van der Waals surface area (Å²) in [5, 5.41) is 20.4. The van der Waals surface area contributed by atoms with Crippen LogP contribution in [0.15, 0.2) is 91.1 Å². The third kappa shape index (κ3) is 6.95. The van der Waals surface area contributed by atoms with Gasteiger partial charge in [-0.3, -0.25) is 4.79 Å². The van der Waals surface area contributed by atoms with E-state index in [0.29, 0.717) is 23.7 Å². The Bertz CT molecular complexity index is 1500. The summed E-state index contributed by atoms with van der Waals surface area (Å²) in [6.45, 7) is 3.01. The molecular formula is C29H28ClN7O2. The molecule has 0 bridgehead atoms. The number of nitrogens with zero attached hydrogens (tertiary/aromatic N) is 6. The molecule has 0 aliphatic heterocycles. The Hall–Kier alpha value is -4.34. The zero-order valence-electron chi connectivity index (χ0n) is 21.4. The first-order chi connectivity index (χ1) is 19.0. The van der Waals surface area contributed by atoms with Gasteiger partial charge in [0.2, 0.25) is 0 Å². The number of aromatic nitrogens is 6. The lowest BCUT2D eigenvalue weighted by atomic mass is 10.1. The lowest BCUT2D eigenvalue weighted by molar-refractivity contribution is 0.0785. The minimum Gasteiger partial charge on any atom is -0.373 e. The molecule has 9 nitrogen and oxygen atoms in total. The highest BCUT2D eigenvalue weighted by molar-refractivity contribution is 6.30. The Kier molecular flexibility index (Phi) is 8.40. The van der Waals surface area contributed by atoms with Gasteiger partial charge in [0.1, 0.15) is 5.69 Å². The van der Waals surface area contributed by atoms with E-state index in [1.54, 1.807) is 21.5 Å². The maximum Gasteiger partial charge on any atom is 0.274 e. The first kappa shape index (κ1) is 26.3. The van der Waals surface area contributed by atoms with Gasteiger partial charge in [0, 0.05) is 5.02 Å². The molecule has 1 amide bonds. The van der Waals surface area contributed by atoms with Crippen molar-refractivity contribution >= 4 is 17.5 Å². The molecule has 2 aromatic heterocycles. The van der Waals surface area contributed by atoms with Crippen LogP contribution in [0, 0.1) is 6.92 Å². The molecule has 0 saturated carbocycles. The van der Waals surface area contributed by atoms with Crippen molar-refractivity contribution in [2.24, 2.45) is 0 Å². The molecular weight excluding hydrogens is 514 g/mol. The Morgan fingerprint density at radius 1 is 0.923 bits per heavy atom. The van der Waals surface area contributed by atoms with E-state index in [0.717, 1.165) is 22.5 Å². The molecule has 5 rings (SSSR count). The Morgan fingerprint density at radius 3 is 2.33 bits per heavy atom. The van der Waals surface area contributed by atoms with E-state index in [9.17, 15) is 4.79 Å². The van der Waals surface area contributed by atoms with Crippen molar-refractivity contribution < 1.29 is 9.53 Å². The van der Waals surface area contributed by atoms with Crippen LogP contribution in [0.25, 0.3) is 5.69 Å². The zero-order valence-corrected chi connectivity index (χ0v) is 22.2. The van der Waals surface area contributed by atoms with Crippen molar-refractivity contribution in [2.45, 2.75) is 32.5 Å². The molecule has 5 aromatic rings. The predicted octanol–water partition coefficient (Wildman–Crippen LogP) is 4.43. The van der Waals surface area contributed by atoms with Crippen LogP contribution in [0.1, 0.15) is 33.0 Å². The van der Waals surface area contributed by atoms with Crippen LogP contribution in [-0.4, -0.2) is 48.5 Å². The molecule has 0 aliphatic carbocycles. The number of amides is 1. The second kappa shape index (κ2) is 12.5. The monoisotopic (exact) mass is 541 g/mol.